The summed E-state index contributed by atoms with van der Waals surface area (Å²) in [6, 6.07) is 5.55. The normalized spacial score (nSPS) is 17.9. The molecule has 0 bridgehead atoms. The molecule has 0 unspecified atom stereocenters. The largest absolute Gasteiger partial charge is 0.354 e. The number of nitrogens with one attached hydrogen (secondary N) is 1. The van der Waals surface area contributed by atoms with Crippen LogP contribution in [-0.2, 0) is 16.0 Å². The van der Waals surface area contributed by atoms with Crippen molar-refractivity contribution < 1.29 is 9.59 Å². The highest BCUT2D eigenvalue weighted by molar-refractivity contribution is 5.87. The summed E-state index contributed by atoms with van der Waals surface area (Å²) in [4.78, 5) is 29.8. The zero-order chi connectivity index (χ0) is 15.5. The van der Waals surface area contributed by atoms with Crippen LogP contribution in [0.1, 0.15) is 25.5 Å². The molecule has 0 aromatic carbocycles. The first-order valence-electron chi connectivity index (χ1n) is 7.62. The van der Waals surface area contributed by atoms with Crippen molar-refractivity contribution in [3.05, 3.63) is 36.3 Å². The Bertz CT molecular complexity index is 661. The summed E-state index contributed by atoms with van der Waals surface area (Å²) in [7, 11) is 0. The van der Waals surface area contributed by atoms with Crippen LogP contribution in [0.15, 0.2) is 30.6 Å². The van der Waals surface area contributed by atoms with Crippen LogP contribution in [0.5, 0.6) is 0 Å². The molecule has 3 heterocycles. The lowest BCUT2D eigenvalue weighted by atomic mass is 10.2. The van der Waals surface area contributed by atoms with E-state index < -0.39 is 0 Å². The fraction of sp³-hybridized carbons (Fsp3) is 0.438. The average Bonchev–Trinajstić information content (AvgIpc) is 3.13. The fourth-order valence-electron chi connectivity index (χ4n) is 2.96. The maximum atomic E-state index is 12.2. The van der Waals surface area contributed by atoms with Crippen molar-refractivity contribution in [2.24, 2.45) is 0 Å². The van der Waals surface area contributed by atoms with Crippen molar-refractivity contribution in [2.45, 2.75) is 32.2 Å². The van der Waals surface area contributed by atoms with Crippen LogP contribution in [0.25, 0.3) is 5.65 Å². The van der Waals surface area contributed by atoms with Gasteiger partial charge in [0.2, 0.25) is 11.8 Å². The molecule has 0 spiro atoms. The highest BCUT2D eigenvalue weighted by atomic mass is 16.2. The predicted molar refractivity (Wildman–Crippen MR) is 82.3 cm³/mol. The standard InChI is InChI=1S/C16H20N4O2/c1-12(21)20-10-4-5-14(20)16(22)17-8-7-13-11-19-9-3-2-6-15(19)18-13/h2-3,6,9,11,14H,4-5,7-8,10H2,1H3,(H,17,22)/t14-/m1/s1. The number of fused-ring (bicyclic) bond motifs is 1. The minimum atomic E-state index is -0.307. The molecule has 1 aliphatic heterocycles. The van der Waals surface area contributed by atoms with Crippen LogP contribution in [-0.4, -0.2) is 45.2 Å². The molecule has 3 rings (SSSR count). The zero-order valence-corrected chi connectivity index (χ0v) is 12.7. The molecular formula is C16H20N4O2. The lowest BCUT2D eigenvalue weighted by Crippen LogP contribution is -2.45. The number of nitrogens with zero attached hydrogens (tertiary/aromatic N) is 3. The van der Waals surface area contributed by atoms with Crippen LogP contribution >= 0.6 is 0 Å². The molecule has 1 aliphatic rings. The molecule has 0 saturated carbocycles. The van der Waals surface area contributed by atoms with Gasteiger partial charge in [-0.2, -0.15) is 0 Å². The highest BCUT2D eigenvalue weighted by Crippen LogP contribution is 2.17. The molecule has 0 radical (unpaired) electrons. The second kappa shape index (κ2) is 6.17. The lowest BCUT2D eigenvalue weighted by Gasteiger charge is -2.22. The van der Waals surface area contributed by atoms with Crippen LogP contribution in [0.4, 0.5) is 0 Å². The Kier molecular flexibility index (Phi) is 4.09. The molecule has 1 fully saturated rings. The van der Waals surface area contributed by atoms with E-state index in [-0.39, 0.29) is 17.9 Å². The van der Waals surface area contributed by atoms with Crippen molar-refractivity contribution in [1.82, 2.24) is 19.6 Å². The Labute approximate surface area is 129 Å². The Balaban J connectivity index is 1.54. The summed E-state index contributed by atoms with van der Waals surface area (Å²) < 4.78 is 1.96. The van der Waals surface area contributed by atoms with Gasteiger partial charge in [-0.05, 0) is 25.0 Å². The van der Waals surface area contributed by atoms with Crippen molar-refractivity contribution in [3.63, 3.8) is 0 Å². The first-order chi connectivity index (χ1) is 10.6. The number of pyridine rings is 1. The Morgan fingerprint density at radius 3 is 3.05 bits per heavy atom. The second-order valence-corrected chi connectivity index (χ2v) is 5.61. The summed E-state index contributed by atoms with van der Waals surface area (Å²) in [6.45, 7) is 2.73. The van der Waals surface area contributed by atoms with Gasteiger partial charge in [0.15, 0.2) is 0 Å². The summed E-state index contributed by atoms with van der Waals surface area (Å²) >= 11 is 0. The van der Waals surface area contributed by atoms with Gasteiger partial charge < -0.3 is 14.6 Å². The predicted octanol–water partition coefficient (Wildman–Crippen LogP) is 1.00. The first kappa shape index (κ1) is 14.6. The lowest BCUT2D eigenvalue weighted by molar-refractivity contribution is -0.136. The van der Waals surface area contributed by atoms with E-state index in [0.29, 0.717) is 19.5 Å². The topological polar surface area (TPSA) is 66.7 Å². The van der Waals surface area contributed by atoms with Crippen LogP contribution in [0, 0.1) is 0 Å². The molecule has 1 N–H and O–H groups in total. The van der Waals surface area contributed by atoms with E-state index in [4.69, 9.17) is 0 Å². The molecule has 2 amide bonds. The van der Waals surface area contributed by atoms with Gasteiger partial charge in [0, 0.05) is 38.8 Å². The Hall–Kier alpha value is -2.37. The number of hydrogen-bond donors (Lipinski definition) is 1. The third kappa shape index (κ3) is 2.95. The van der Waals surface area contributed by atoms with Gasteiger partial charge in [0.05, 0.1) is 5.69 Å². The highest BCUT2D eigenvalue weighted by Gasteiger charge is 2.31. The van der Waals surface area contributed by atoms with Crippen LogP contribution < -0.4 is 5.32 Å². The number of hydrogen-bond acceptors (Lipinski definition) is 3. The smallest absolute Gasteiger partial charge is 0.242 e. The van der Waals surface area contributed by atoms with E-state index in [1.54, 1.807) is 4.90 Å². The fourth-order valence-corrected chi connectivity index (χ4v) is 2.96. The molecule has 6 nitrogen and oxygen atoms in total. The van der Waals surface area contributed by atoms with Gasteiger partial charge >= 0.3 is 0 Å². The summed E-state index contributed by atoms with van der Waals surface area (Å²) in [5.41, 5.74) is 1.85. The number of aromatic nitrogens is 2. The van der Waals surface area contributed by atoms with Crippen molar-refractivity contribution >= 4 is 17.5 Å². The van der Waals surface area contributed by atoms with Crippen molar-refractivity contribution in [3.8, 4) is 0 Å². The SMILES string of the molecule is CC(=O)N1CCC[C@@H]1C(=O)NCCc1cn2ccccc2n1. The molecule has 22 heavy (non-hydrogen) atoms. The second-order valence-electron chi connectivity index (χ2n) is 5.61. The maximum Gasteiger partial charge on any atom is 0.242 e. The Morgan fingerprint density at radius 2 is 2.27 bits per heavy atom. The van der Waals surface area contributed by atoms with Gasteiger partial charge in [-0.1, -0.05) is 6.07 Å². The zero-order valence-electron chi connectivity index (χ0n) is 12.7. The van der Waals surface area contributed by atoms with E-state index in [0.717, 1.165) is 24.2 Å². The molecule has 2 aromatic rings. The minimum absolute atomic E-state index is 0.0296. The number of carbonyl (C=O) groups is 2. The number of carbonyl (C=O) groups excluding carboxylic acids is 2. The summed E-state index contributed by atoms with van der Waals surface area (Å²) in [5.74, 6) is -0.0885. The van der Waals surface area contributed by atoms with Gasteiger partial charge in [0.25, 0.3) is 0 Å². The van der Waals surface area contributed by atoms with Gasteiger partial charge in [-0.25, -0.2) is 4.98 Å². The molecule has 1 saturated heterocycles. The van der Waals surface area contributed by atoms with E-state index in [9.17, 15) is 9.59 Å². The van der Waals surface area contributed by atoms with E-state index in [1.165, 1.54) is 6.92 Å². The van der Waals surface area contributed by atoms with E-state index >= 15 is 0 Å². The maximum absolute atomic E-state index is 12.2. The number of imidazole rings is 1. The molecule has 116 valence electrons. The van der Waals surface area contributed by atoms with E-state index in [1.807, 2.05) is 35.0 Å². The molecular weight excluding hydrogens is 280 g/mol. The number of rotatable bonds is 4. The monoisotopic (exact) mass is 300 g/mol. The molecule has 0 aliphatic carbocycles. The first-order valence-corrected chi connectivity index (χ1v) is 7.62. The van der Waals surface area contributed by atoms with Crippen molar-refractivity contribution in [1.29, 1.82) is 0 Å². The van der Waals surface area contributed by atoms with Gasteiger partial charge in [-0.3, -0.25) is 9.59 Å². The Morgan fingerprint density at radius 1 is 1.41 bits per heavy atom. The van der Waals surface area contributed by atoms with Gasteiger partial charge in [-0.15, -0.1) is 0 Å². The van der Waals surface area contributed by atoms with Crippen LogP contribution in [0.3, 0.4) is 0 Å². The molecule has 6 heteroatoms. The molecule has 1 atom stereocenters. The van der Waals surface area contributed by atoms with Gasteiger partial charge in [0.1, 0.15) is 11.7 Å². The third-order valence-electron chi connectivity index (χ3n) is 4.05. The number of likely N-dealkylation sites (tertiary alicyclic amines) is 1. The third-order valence-corrected chi connectivity index (χ3v) is 4.05. The van der Waals surface area contributed by atoms with Crippen LogP contribution in [0.2, 0.25) is 0 Å². The average molecular weight is 300 g/mol. The number of amides is 2. The quantitative estimate of drug-likeness (QED) is 0.916. The minimum Gasteiger partial charge on any atom is -0.354 e. The summed E-state index contributed by atoms with van der Waals surface area (Å²) in [6.07, 6.45) is 6.25. The molecule has 2 aromatic heterocycles. The summed E-state index contributed by atoms with van der Waals surface area (Å²) in [5, 5.41) is 2.92. The van der Waals surface area contributed by atoms with E-state index in [2.05, 4.69) is 10.3 Å². The van der Waals surface area contributed by atoms with Crippen molar-refractivity contribution in [2.75, 3.05) is 13.1 Å².